The molecular weight excluding hydrogens is 590 g/mol. The summed E-state index contributed by atoms with van der Waals surface area (Å²) >= 11 is 0. The van der Waals surface area contributed by atoms with E-state index in [-0.39, 0.29) is 51.9 Å². The number of carboxylic acids is 1. The number of ether oxygens (including phenoxy) is 1. The van der Waals surface area contributed by atoms with Crippen molar-refractivity contribution in [3.05, 3.63) is 11.1 Å². The van der Waals surface area contributed by atoms with Crippen molar-refractivity contribution in [1.82, 2.24) is 4.90 Å². The van der Waals surface area contributed by atoms with Crippen LogP contribution < -0.4 is 0 Å². The second-order valence-electron chi connectivity index (χ2n) is 19.2. The molecule has 0 aromatic carbocycles. The Bertz CT molecular complexity index is 1350. The molecule has 2 N–H and O–H groups in total. The fourth-order valence-electron chi connectivity index (χ4n) is 13.2. The summed E-state index contributed by atoms with van der Waals surface area (Å²) in [6.07, 6.45) is 9.12. The molecule has 5 fully saturated rings. The third-order valence-electron chi connectivity index (χ3n) is 15.4. The SMILES string of the molecule is CC(C)C1=C2C3CCC4C(C)(CCC5C(C)(C)C(OC(O)CC(C)(C)C(=O)O)CCC54C)C3CCC2(C2CC2C(=O)N(C)C)CC1=O. The highest BCUT2D eigenvalue weighted by atomic mass is 16.6. The van der Waals surface area contributed by atoms with Crippen LogP contribution in [0.1, 0.15) is 126 Å². The summed E-state index contributed by atoms with van der Waals surface area (Å²) in [7, 11) is 3.73. The molecular formula is C40H63NO6. The van der Waals surface area contributed by atoms with Crippen molar-refractivity contribution in [1.29, 1.82) is 0 Å². The molecule has 6 rings (SSSR count). The zero-order chi connectivity index (χ0) is 34.6. The second-order valence-corrected chi connectivity index (χ2v) is 19.2. The van der Waals surface area contributed by atoms with Gasteiger partial charge in [-0.1, -0.05) is 47.1 Å². The number of amides is 1. The molecule has 0 heterocycles. The summed E-state index contributed by atoms with van der Waals surface area (Å²) < 4.78 is 6.33. The van der Waals surface area contributed by atoms with Crippen LogP contribution in [-0.4, -0.2) is 59.3 Å². The van der Waals surface area contributed by atoms with Crippen LogP contribution in [0.3, 0.4) is 0 Å². The average Bonchev–Trinajstić information content (AvgIpc) is 3.70. The van der Waals surface area contributed by atoms with Crippen LogP contribution in [0.5, 0.6) is 0 Å². The number of ketones is 1. The van der Waals surface area contributed by atoms with E-state index in [4.69, 9.17) is 4.74 Å². The Morgan fingerprint density at radius 3 is 2.21 bits per heavy atom. The van der Waals surface area contributed by atoms with Gasteiger partial charge in [0, 0.05) is 38.3 Å². The molecule has 0 saturated heterocycles. The molecule has 0 aromatic heterocycles. The molecule has 11 atom stereocenters. The normalized spacial score (nSPS) is 43.1. The molecule has 6 aliphatic carbocycles. The van der Waals surface area contributed by atoms with Gasteiger partial charge in [0.05, 0.1) is 11.5 Å². The topological polar surface area (TPSA) is 104 Å². The number of rotatable bonds is 8. The highest BCUT2D eigenvalue weighted by Crippen LogP contribution is 2.75. The lowest BCUT2D eigenvalue weighted by Gasteiger charge is -2.69. The van der Waals surface area contributed by atoms with E-state index in [0.717, 1.165) is 50.5 Å². The van der Waals surface area contributed by atoms with Gasteiger partial charge in [-0.3, -0.25) is 14.4 Å². The average molecular weight is 654 g/mol. The van der Waals surface area contributed by atoms with Crippen LogP contribution in [0, 0.1) is 68.5 Å². The minimum absolute atomic E-state index is 0.0606. The second kappa shape index (κ2) is 11.4. The van der Waals surface area contributed by atoms with E-state index in [1.54, 1.807) is 18.7 Å². The van der Waals surface area contributed by atoms with Gasteiger partial charge in [0.2, 0.25) is 5.91 Å². The third-order valence-corrected chi connectivity index (χ3v) is 15.4. The van der Waals surface area contributed by atoms with Crippen LogP contribution in [0.4, 0.5) is 0 Å². The third kappa shape index (κ3) is 5.21. The molecule has 1 amide bonds. The Kier molecular flexibility index (Phi) is 8.52. The smallest absolute Gasteiger partial charge is 0.309 e. The summed E-state index contributed by atoms with van der Waals surface area (Å²) in [5.41, 5.74) is 1.65. The monoisotopic (exact) mass is 653 g/mol. The van der Waals surface area contributed by atoms with Gasteiger partial charge in [0.25, 0.3) is 0 Å². The minimum atomic E-state index is -1.10. The van der Waals surface area contributed by atoms with Crippen LogP contribution >= 0.6 is 0 Å². The van der Waals surface area contributed by atoms with Crippen LogP contribution in [-0.2, 0) is 19.1 Å². The lowest BCUT2D eigenvalue weighted by atomic mass is 9.36. The molecule has 264 valence electrons. The lowest BCUT2D eigenvalue weighted by Crippen LogP contribution is -2.63. The number of aliphatic hydroxyl groups excluding tert-OH is 1. The standard InChI is InChI=1S/C40H63NO6/c1-22(2)32-27(42)20-40(26-19-24(26)34(44)41(9)10)18-13-25-23(33(32)40)11-12-29-38(25,7)16-14-28-37(5,6)30(15-17-39(28,29)8)47-31(43)21-36(3,4)35(45)46/h22-26,28-31,43H,11-21H2,1-10H3,(H,45,46). The van der Waals surface area contributed by atoms with Gasteiger partial charge < -0.3 is 19.8 Å². The van der Waals surface area contributed by atoms with Gasteiger partial charge in [-0.25, -0.2) is 0 Å². The Morgan fingerprint density at radius 1 is 0.936 bits per heavy atom. The van der Waals surface area contributed by atoms with E-state index in [0.29, 0.717) is 41.8 Å². The van der Waals surface area contributed by atoms with Crippen LogP contribution in [0.2, 0.25) is 0 Å². The fraction of sp³-hybridized carbons (Fsp3) is 0.875. The van der Waals surface area contributed by atoms with Gasteiger partial charge >= 0.3 is 5.97 Å². The van der Waals surface area contributed by atoms with Crippen molar-refractivity contribution in [3.8, 4) is 0 Å². The summed E-state index contributed by atoms with van der Waals surface area (Å²) in [5, 5.41) is 20.5. The van der Waals surface area contributed by atoms with Gasteiger partial charge in [-0.15, -0.1) is 0 Å². The predicted molar refractivity (Wildman–Crippen MR) is 182 cm³/mol. The molecule has 7 nitrogen and oxygen atoms in total. The Labute approximate surface area is 283 Å². The van der Waals surface area contributed by atoms with Gasteiger partial charge in [0.1, 0.15) is 0 Å². The quantitative estimate of drug-likeness (QED) is 0.263. The zero-order valence-corrected chi connectivity index (χ0v) is 30.9. The largest absolute Gasteiger partial charge is 0.481 e. The zero-order valence-electron chi connectivity index (χ0n) is 30.9. The number of nitrogens with zero attached hydrogens (tertiary/aromatic N) is 1. The van der Waals surface area contributed by atoms with Crippen molar-refractivity contribution in [3.63, 3.8) is 0 Å². The molecule has 47 heavy (non-hydrogen) atoms. The number of allylic oxidation sites excluding steroid dienone is 2. The maximum absolute atomic E-state index is 13.9. The molecule has 0 aliphatic heterocycles. The molecule has 6 aliphatic rings. The summed E-state index contributed by atoms with van der Waals surface area (Å²) in [6, 6.07) is 0. The number of carboxylic acid groups (broad SMARTS) is 1. The highest BCUT2D eigenvalue weighted by Gasteiger charge is 2.69. The van der Waals surface area contributed by atoms with Crippen LogP contribution in [0.25, 0.3) is 0 Å². The van der Waals surface area contributed by atoms with E-state index in [2.05, 4.69) is 41.5 Å². The molecule has 5 saturated carbocycles. The van der Waals surface area contributed by atoms with Crippen molar-refractivity contribution in [2.24, 2.45) is 68.5 Å². The van der Waals surface area contributed by atoms with E-state index < -0.39 is 17.7 Å². The summed E-state index contributed by atoms with van der Waals surface area (Å²) in [5.74, 6) is 2.28. The fourth-order valence-corrected chi connectivity index (χ4v) is 13.2. The molecule has 0 spiro atoms. The number of fused-ring (bicyclic) bond motifs is 7. The summed E-state index contributed by atoms with van der Waals surface area (Å²) in [4.78, 5) is 40.5. The Hall–Kier alpha value is -1.73. The van der Waals surface area contributed by atoms with E-state index >= 15 is 0 Å². The molecule has 11 unspecified atom stereocenters. The maximum atomic E-state index is 13.9. The molecule has 7 heteroatoms. The first kappa shape index (κ1) is 35.1. The Morgan fingerprint density at radius 2 is 1.60 bits per heavy atom. The number of Topliss-reactive ketones (excluding diaryl/α,β-unsaturated/α-hetero) is 1. The predicted octanol–water partition coefficient (Wildman–Crippen LogP) is 7.51. The van der Waals surface area contributed by atoms with Crippen molar-refractivity contribution in [2.45, 2.75) is 138 Å². The van der Waals surface area contributed by atoms with Crippen molar-refractivity contribution in [2.75, 3.05) is 14.1 Å². The minimum Gasteiger partial charge on any atom is -0.481 e. The molecule has 0 aromatic rings. The number of carbonyl (C=O) groups excluding carboxylic acids is 2. The first-order valence-corrected chi connectivity index (χ1v) is 18.8. The van der Waals surface area contributed by atoms with E-state index in [1.807, 2.05) is 14.1 Å². The van der Waals surface area contributed by atoms with E-state index in [9.17, 15) is 24.6 Å². The number of carbonyl (C=O) groups is 3. The van der Waals surface area contributed by atoms with Gasteiger partial charge in [0.15, 0.2) is 12.1 Å². The lowest BCUT2D eigenvalue weighted by molar-refractivity contribution is -0.246. The first-order chi connectivity index (χ1) is 21.7. The summed E-state index contributed by atoms with van der Waals surface area (Å²) in [6.45, 7) is 17.5. The van der Waals surface area contributed by atoms with Gasteiger partial charge in [-0.05, 0) is 129 Å². The number of aliphatic carboxylic acids is 1. The number of hydrogen-bond acceptors (Lipinski definition) is 5. The van der Waals surface area contributed by atoms with Gasteiger partial charge in [-0.2, -0.15) is 0 Å². The molecule has 0 bridgehead atoms. The first-order valence-electron chi connectivity index (χ1n) is 18.8. The van der Waals surface area contributed by atoms with Crippen LogP contribution in [0.15, 0.2) is 11.1 Å². The molecule has 0 radical (unpaired) electrons. The van der Waals surface area contributed by atoms with Crippen molar-refractivity contribution >= 4 is 17.7 Å². The van der Waals surface area contributed by atoms with Crippen molar-refractivity contribution < 1.29 is 29.3 Å². The maximum Gasteiger partial charge on any atom is 0.309 e. The Balaban J connectivity index is 1.27. The highest BCUT2D eigenvalue weighted by molar-refractivity contribution is 6.01. The number of hydrogen-bond donors (Lipinski definition) is 2. The van der Waals surface area contributed by atoms with E-state index in [1.165, 1.54) is 18.4 Å². The number of aliphatic hydroxyl groups is 1.